The number of nitrogens with one attached hydrogen (secondary N) is 1. The lowest BCUT2D eigenvalue weighted by Crippen LogP contribution is -2.41. The number of ether oxygens (including phenoxy) is 1. The second-order valence-electron chi connectivity index (χ2n) is 8.15. The molecule has 4 heterocycles. The fourth-order valence-electron chi connectivity index (χ4n) is 4.36. The second kappa shape index (κ2) is 8.58. The Morgan fingerprint density at radius 3 is 2.79 bits per heavy atom. The molecule has 1 amide bonds. The van der Waals surface area contributed by atoms with Crippen LogP contribution in [0.25, 0.3) is 11.0 Å². The molecule has 0 atom stereocenters. The van der Waals surface area contributed by atoms with Gasteiger partial charge >= 0.3 is 6.18 Å². The van der Waals surface area contributed by atoms with E-state index in [1.807, 2.05) is 0 Å². The van der Waals surface area contributed by atoms with Crippen molar-refractivity contribution in [3.05, 3.63) is 53.0 Å². The van der Waals surface area contributed by atoms with E-state index in [1.54, 1.807) is 23.2 Å². The molecule has 0 saturated carbocycles. The third-order valence-corrected chi connectivity index (χ3v) is 5.98. The number of morpholine rings is 1. The van der Waals surface area contributed by atoms with Gasteiger partial charge in [-0.3, -0.25) is 4.79 Å². The average molecular weight is 457 g/mol. The van der Waals surface area contributed by atoms with E-state index in [-0.39, 0.29) is 19.1 Å². The van der Waals surface area contributed by atoms with E-state index in [9.17, 15) is 18.0 Å². The SMILES string of the molecule is O=C1COCCN1c1cnc2nc3nc(c2c1)NCc1cccc(C(F)(F)F)c1CCCC3. The van der Waals surface area contributed by atoms with Gasteiger partial charge < -0.3 is 15.0 Å². The molecule has 7 nitrogen and oxygen atoms in total. The van der Waals surface area contributed by atoms with Crippen LogP contribution in [0.5, 0.6) is 0 Å². The van der Waals surface area contributed by atoms with Crippen LogP contribution in [0.1, 0.15) is 35.4 Å². The van der Waals surface area contributed by atoms with Crippen molar-refractivity contribution in [2.24, 2.45) is 0 Å². The fourth-order valence-corrected chi connectivity index (χ4v) is 4.36. The predicted molar refractivity (Wildman–Crippen MR) is 116 cm³/mol. The van der Waals surface area contributed by atoms with Gasteiger partial charge in [0.05, 0.1) is 29.4 Å². The van der Waals surface area contributed by atoms with Crippen molar-refractivity contribution in [2.75, 3.05) is 30.0 Å². The summed E-state index contributed by atoms with van der Waals surface area (Å²) in [5.41, 5.74) is 1.42. The average Bonchev–Trinajstić information content (AvgIpc) is 2.82. The van der Waals surface area contributed by atoms with E-state index in [2.05, 4.69) is 20.3 Å². The van der Waals surface area contributed by atoms with Crippen molar-refractivity contribution >= 4 is 28.4 Å². The molecule has 2 aromatic heterocycles. The highest BCUT2D eigenvalue weighted by Crippen LogP contribution is 2.35. The van der Waals surface area contributed by atoms with E-state index in [4.69, 9.17) is 4.74 Å². The highest BCUT2D eigenvalue weighted by atomic mass is 19.4. The number of benzene rings is 1. The lowest BCUT2D eigenvalue weighted by Gasteiger charge is -2.26. The van der Waals surface area contributed by atoms with E-state index in [0.717, 1.165) is 6.07 Å². The molecule has 5 rings (SSSR count). The zero-order chi connectivity index (χ0) is 23.0. The zero-order valence-corrected chi connectivity index (χ0v) is 17.8. The third kappa shape index (κ3) is 4.35. The minimum absolute atomic E-state index is 0.0108. The molecule has 33 heavy (non-hydrogen) atoms. The number of hydrogen-bond acceptors (Lipinski definition) is 6. The summed E-state index contributed by atoms with van der Waals surface area (Å²) in [6.45, 7) is 1.05. The van der Waals surface area contributed by atoms with Crippen LogP contribution >= 0.6 is 0 Å². The number of aromatic nitrogens is 3. The van der Waals surface area contributed by atoms with Crippen molar-refractivity contribution in [2.45, 2.75) is 38.4 Å². The molecule has 2 aliphatic rings. The maximum atomic E-state index is 13.6. The number of carbonyl (C=O) groups excluding carboxylic acids is 1. The van der Waals surface area contributed by atoms with Crippen molar-refractivity contribution in [3.8, 4) is 0 Å². The number of nitrogens with zero attached hydrogens (tertiary/aromatic N) is 4. The molecule has 2 aliphatic heterocycles. The Kier molecular flexibility index (Phi) is 5.61. The number of rotatable bonds is 1. The Bertz CT molecular complexity index is 1210. The van der Waals surface area contributed by atoms with Gasteiger partial charge in [-0.2, -0.15) is 13.2 Å². The first kappa shape index (κ1) is 21.6. The van der Waals surface area contributed by atoms with Gasteiger partial charge in [0.25, 0.3) is 5.91 Å². The fraction of sp³-hybridized carbons (Fsp3) is 0.391. The Morgan fingerprint density at radius 2 is 1.97 bits per heavy atom. The Balaban J connectivity index is 1.55. The number of halogens is 3. The van der Waals surface area contributed by atoms with Gasteiger partial charge in [0.15, 0.2) is 5.65 Å². The number of amides is 1. The minimum atomic E-state index is -4.40. The van der Waals surface area contributed by atoms with Gasteiger partial charge in [-0.1, -0.05) is 12.1 Å². The summed E-state index contributed by atoms with van der Waals surface area (Å²) in [5.74, 6) is 0.930. The molecule has 2 bridgehead atoms. The normalized spacial score (nSPS) is 17.3. The number of carbonyl (C=O) groups is 1. The van der Waals surface area contributed by atoms with Gasteiger partial charge in [0.2, 0.25) is 0 Å². The van der Waals surface area contributed by atoms with Crippen LogP contribution in [0.15, 0.2) is 30.5 Å². The molecule has 0 unspecified atom stereocenters. The number of alkyl halides is 3. The van der Waals surface area contributed by atoms with Crippen molar-refractivity contribution in [1.29, 1.82) is 0 Å². The highest BCUT2D eigenvalue weighted by Gasteiger charge is 2.34. The molecular weight excluding hydrogens is 435 g/mol. The van der Waals surface area contributed by atoms with E-state index in [0.29, 0.717) is 78.3 Å². The van der Waals surface area contributed by atoms with Gasteiger partial charge in [0.1, 0.15) is 18.2 Å². The standard InChI is InChI=1S/C23H22F3N5O2/c24-23(25,26)18-6-3-4-14-11-27-21-17-10-15(31-8-9-33-13-20(31)32)12-28-22(17)30-19(29-21)7-2-1-5-16(14)18/h3-4,6,10,12H,1-2,5,7-9,11,13H2,(H,27,28,29,30). The van der Waals surface area contributed by atoms with Crippen LogP contribution in [0.2, 0.25) is 0 Å². The largest absolute Gasteiger partial charge is 0.416 e. The summed E-state index contributed by atoms with van der Waals surface area (Å²) in [7, 11) is 0. The molecule has 0 spiro atoms. The van der Waals surface area contributed by atoms with Crippen molar-refractivity contribution < 1.29 is 22.7 Å². The molecular formula is C23H22F3N5O2. The van der Waals surface area contributed by atoms with Gasteiger partial charge in [-0.05, 0) is 42.5 Å². The van der Waals surface area contributed by atoms with Crippen LogP contribution in [-0.4, -0.2) is 40.6 Å². The number of anilines is 2. The van der Waals surface area contributed by atoms with Crippen LogP contribution in [0.4, 0.5) is 24.7 Å². The van der Waals surface area contributed by atoms with Crippen LogP contribution < -0.4 is 10.2 Å². The lowest BCUT2D eigenvalue weighted by atomic mass is 9.95. The maximum absolute atomic E-state index is 13.6. The summed E-state index contributed by atoms with van der Waals surface area (Å²) in [6, 6.07) is 6.10. The van der Waals surface area contributed by atoms with Crippen molar-refractivity contribution in [3.63, 3.8) is 0 Å². The Hall–Kier alpha value is -3.27. The molecule has 1 fully saturated rings. The Morgan fingerprint density at radius 1 is 1.12 bits per heavy atom. The van der Waals surface area contributed by atoms with Gasteiger partial charge in [0, 0.05) is 19.5 Å². The van der Waals surface area contributed by atoms with E-state index in [1.165, 1.54) is 6.07 Å². The first-order valence-electron chi connectivity index (χ1n) is 10.9. The first-order chi connectivity index (χ1) is 15.9. The van der Waals surface area contributed by atoms with Crippen LogP contribution in [-0.2, 0) is 35.1 Å². The van der Waals surface area contributed by atoms with Gasteiger partial charge in [-0.25, -0.2) is 15.0 Å². The second-order valence-corrected chi connectivity index (χ2v) is 8.15. The molecule has 172 valence electrons. The predicted octanol–water partition coefficient (Wildman–Crippen LogP) is 3.90. The molecule has 1 N–H and O–H groups in total. The summed E-state index contributed by atoms with van der Waals surface area (Å²) in [4.78, 5) is 27.5. The molecule has 10 heteroatoms. The number of pyridine rings is 1. The summed E-state index contributed by atoms with van der Waals surface area (Å²) in [5, 5.41) is 3.83. The molecule has 0 radical (unpaired) electrons. The summed E-state index contributed by atoms with van der Waals surface area (Å²) < 4.78 is 46.1. The van der Waals surface area contributed by atoms with E-state index < -0.39 is 11.7 Å². The number of hydrogen-bond donors (Lipinski definition) is 1. The van der Waals surface area contributed by atoms with Crippen LogP contribution in [0.3, 0.4) is 0 Å². The smallest absolute Gasteiger partial charge is 0.370 e. The number of fused-ring (bicyclic) bond motifs is 5. The molecule has 1 aromatic carbocycles. The minimum Gasteiger partial charge on any atom is -0.370 e. The van der Waals surface area contributed by atoms with Crippen LogP contribution in [0, 0.1) is 0 Å². The zero-order valence-electron chi connectivity index (χ0n) is 17.8. The highest BCUT2D eigenvalue weighted by molar-refractivity contribution is 5.97. The van der Waals surface area contributed by atoms with Crippen molar-refractivity contribution in [1.82, 2.24) is 15.0 Å². The monoisotopic (exact) mass is 457 g/mol. The third-order valence-electron chi connectivity index (χ3n) is 5.98. The lowest BCUT2D eigenvalue weighted by molar-refractivity contribution is -0.138. The Labute approximate surface area is 188 Å². The first-order valence-corrected chi connectivity index (χ1v) is 10.9. The number of aryl methyl sites for hydroxylation is 1. The maximum Gasteiger partial charge on any atom is 0.416 e. The molecule has 1 saturated heterocycles. The topological polar surface area (TPSA) is 80.2 Å². The van der Waals surface area contributed by atoms with E-state index >= 15 is 0 Å². The molecule has 3 aromatic rings. The molecule has 0 aliphatic carbocycles. The summed E-state index contributed by atoms with van der Waals surface area (Å²) >= 11 is 0. The quantitative estimate of drug-likeness (QED) is 0.597. The summed E-state index contributed by atoms with van der Waals surface area (Å²) in [6.07, 6.45) is -0.656. The van der Waals surface area contributed by atoms with Gasteiger partial charge in [-0.15, -0.1) is 0 Å².